The fraction of sp³-hybridized carbons (Fsp3) is 0.391. The van der Waals surface area contributed by atoms with Crippen LogP contribution in [0.2, 0.25) is 0 Å². The molecule has 1 aliphatic rings. The number of carbonyl (C=O) groups excluding carboxylic acids is 2. The number of nitrogens with zero attached hydrogens (tertiary/aromatic N) is 4. The molecular formula is C23H26N4O2S2. The molecule has 2 aromatic heterocycles. The number of hydrogen-bond donors (Lipinski definition) is 0. The Kier molecular flexibility index (Phi) is 6.57. The number of benzene rings is 1. The highest BCUT2D eigenvalue weighted by Gasteiger charge is 2.22. The van der Waals surface area contributed by atoms with Crippen molar-refractivity contribution in [1.82, 2.24) is 19.8 Å². The molecule has 162 valence electrons. The van der Waals surface area contributed by atoms with E-state index in [0.717, 1.165) is 20.8 Å². The fourth-order valence-corrected chi connectivity index (χ4v) is 5.67. The van der Waals surface area contributed by atoms with Crippen molar-refractivity contribution in [3.05, 3.63) is 41.0 Å². The van der Waals surface area contributed by atoms with Gasteiger partial charge in [-0.1, -0.05) is 18.2 Å². The third kappa shape index (κ3) is 4.75. The standard InChI is InChI=1S/C23H26N4O2S2/c1-15-4-5-18(12-16(15)2)19-13-31-23-21(19)22(24-14-25-23)30-11-6-20(29)27-9-7-26(8-10-27)17(3)28/h4-5,12-14H,6-11H2,1-3H3. The number of aromatic nitrogens is 2. The maximum absolute atomic E-state index is 12.6. The summed E-state index contributed by atoms with van der Waals surface area (Å²) in [6, 6.07) is 6.51. The first-order chi connectivity index (χ1) is 14.9. The molecule has 0 aliphatic carbocycles. The zero-order valence-electron chi connectivity index (χ0n) is 18.1. The molecule has 4 rings (SSSR count). The smallest absolute Gasteiger partial charge is 0.223 e. The second-order valence-corrected chi connectivity index (χ2v) is 9.73. The van der Waals surface area contributed by atoms with E-state index in [2.05, 4.69) is 47.4 Å². The summed E-state index contributed by atoms with van der Waals surface area (Å²) in [6.45, 7) is 8.29. The molecule has 0 N–H and O–H groups in total. The van der Waals surface area contributed by atoms with Gasteiger partial charge in [-0.3, -0.25) is 9.59 Å². The highest BCUT2D eigenvalue weighted by molar-refractivity contribution is 7.99. The number of amides is 2. The Morgan fingerprint density at radius 1 is 1.06 bits per heavy atom. The first-order valence-corrected chi connectivity index (χ1v) is 12.3. The second kappa shape index (κ2) is 9.36. The van der Waals surface area contributed by atoms with Crippen molar-refractivity contribution in [2.45, 2.75) is 32.2 Å². The van der Waals surface area contributed by atoms with Gasteiger partial charge >= 0.3 is 0 Å². The van der Waals surface area contributed by atoms with Gasteiger partial charge < -0.3 is 9.80 Å². The van der Waals surface area contributed by atoms with Gasteiger partial charge in [0, 0.05) is 56.2 Å². The van der Waals surface area contributed by atoms with E-state index in [4.69, 9.17) is 0 Å². The van der Waals surface area contributed by atoms with Crippen LogP contribution in [0.25, 0.3) is 21.3 Å². The molecule has 0 unspecified atom stereocenters. The number of fused-ring (bicyclic) bond motifs is 1. The highest BCUT2D eigenvalue weighted by Crippen LogP contribution is 2.38. The van der Waals surface area contributed by atoms with E-state index in [1.54, 1.807) is 41.2 Å². The Balaban J connectivity index is 1.44. The number of thiophene rings is 1. The molecule has 1 saturated heterocycles. The molecular weight excluding hydrogens is 428 g/mol. The lowest BCUT2D eigenvalue weighted by atomic mass is 10.0. The van der Waals surface area contributed by atoms with Crippen LogP contribution in [0.5, 0.6) is 0 Å². The quantitative estimate of drug-likeness (QED) is 0.428. The van der Waals surface area contributed by atoms with Crippen molar-refractivity contribution in [2.24, 2.45) is 0 Å². The highest BCUT2D eigenvalue weighted by atomic mass is 32.2. The van der Waals surface area contributed by atoms with E-state index in [1.165, 1.54) is 16.7 Å². The molecule has 6 nitrogen and oxygen atoms in total. The van der Waals surface area contributed by atoms with Gasteiger partial charge in [-0.15, -0.1) is 23.1 Å². The summed E-state index contributed by atoms with van der Waals surface area (Å²) >= 11 is 3.24. The molecule has 0 atom stereocenters. The third-order valence-corrected chi connectivity index (χ3v) is 7.66. The molecule has 0 saturated carbocycles. The predicted octanol–water partition coefficient (Wildman–Crippen LogP) is 4.15. The monoisotopic (exact) mass is 454 g/mol. The molecule has 1 aliphatic heterocycles. The van der Waals surface area contributed by atoms with E-state index in [-0.39, 0.29) is 11.8 Å². The van der Waals surface area contributed by atoms with E-state index in [9.17, 15) is 9.59 Å². The van der Waals surface area contributed by atoms with Gasteiger partial charge in [0.1, 0.15) is 16.2 Å². The van der Waals surface area contributed by atoms with E-state index >= 15 is 0 Å². The molecule has 31 heavy (non-hydrogen) atoms. The van der Waals surface area contributed by atoms with Crippen LogP contribution in [0.1, 0.15) is 24.5 Å². The Hall–Kier alpha value is -2.45. The van der Waals surface area contributed by atoms with Gasteiger partial charge in [-0.05, 0) is 30.5 Å². The summed E-state index contributed by atoms with van der Waals surface area (Å²) in [5.74, 6) is 0.881. The minimum absolute atomic E-state index is 0.0748. The fourth-order valence-electron chi connectivity index (χ4n) is 3.74. The number of rotatable bonds is 5. The summed E-state index contributed by atoms with van der Waals surface area (Å²) in [4.78, 5) is 37.7. The van der Waals surface area contributed by atoms with E-state index in [0.29, 0.717) is 38.4 Å². The summed E-state index contributed by atoms with van der Waals surface area (Å²) in [5, 5.41) is 4.14. The van der Waals surface area contributed by atoms with Crippen molar-refractivity contribution >= 4 is 45.1 Å². The Morgan fingerprint density at radius 3 is 2.52 bits per heavy atom. The molecule has 1 fully saturated rings. The lowest BCUT2D eigenvalue weighted by Gasteiger charge is -2.34. The van der Waals surface area contributed by atoms with Crippen LogP contribution >= 0.6 is 23.1 Å². The summed E-state index contributed by atoms with van der Waals surface area (Å²) < 4.78 is 0. The van der Waals surface area contributed by atoms with Gasteiger partial charge in [0.15, 0.2) is 0 Å². The lowest BCUT2D eigenvalue weighted by Crippen LogP contribution is -2.50. The topological polar surface area (TPSA) is 66.4 Å². The van der Waals surface area contributed by atoms with Crippen LogP contribution in [0.3, 0.4) is 0 Å². The van der Waals surface area contributed by atoms with Crippen LogP contribution in [-0.2, 0) is 9.59 Å². The number of piperazine rings is 1. The van der Waals surface area contributed by atoms with E-state index < -0.39 is 0 Å². The summed E-state index contributed by atoms with van der Waals surface area (Å²) in [7, 11) is 0. The average Bonchev–Trinajstić information content (AvgIpc) is 3.21. The average molecular weight is 455 g/mol. The number of aryl methyl sites for hydroxylation is 2. The molecule has 8 heteroatoms. The molecule has 3 heterocycles. The van der Waals surface area contributed by atoms with E-state index in [1.807, 2.05) is 4.90 Å². The number of hydrogen-bond acceptors (Lipinski definition) is 6. The molecule has 3 aromatic rings. The molecule has 0 spiro atoms. The summed E-state index contributed by atoms with van der Waals surface area (Å²) in [5.41, 5.74) is 4.86. The minimum Gasteiger partial charge on any atom is -0.339 e. The molecule has 0 radical (unpaired) electrons. The maximum atomic E-state index is 12.6. The Bertz CT molecular complexity index is 1120. The Labute approximate surface area is 190 Å². The van der Waals surface area contributed by atoms with Crippen molar-refractivity contribution in [3.63, 3.8) is 0 Å². The zero-order valence-corrected chi connectivity index (χ0v) is 19.7. The maximum Gasteiger partial charge on any atom is 0.223 e. The molecule has 0 bridgehead atoms. The van der Waals surface area contributed by atoms with Crippen molar-refractivity contribution in [2.75, 3.05) is 31.9 Å². The zero-order chi connectivity index (χ0) is 22.0. The first-order valence-electron chi connectivity index (χ1n) is 10.4. The van der Waals surface area contributed by atoms with Crippen molar-refractivity contribution in [3.8, 4) is 11.1 Å². The van der Waals surface area contributed by atoms with Crippen molar-refractivity contribution in [1.29, 1.82) is 0 Å². The SMILES string of the molecule is CC(=O)N1CCN(C(=O)CCSc2ncnc3scc(-c4ccc(C)c(C)c4)c23)CC1. The van der Waals surface area contributed by atoms with Gasteiger partial charge in [0.2, 0.25) is 11.8 Å². The van der Waals surface area contributed by atoms with Crippen LogP contribution in [0, 0.1) is 13.8 Å². The molecule has 2 amide bonds. The second-order valence-electron chi connectivity index (χ2n) is 7.79. The van der Waals surface area contributed by atoms with Gasteiger partial charge in [-0.25, -0.2) is 9.97 Å². The van der Waals surface area contributed by atoms with Gasteiger partial charge in [0.05, 0.1) is 5.39 Å². The largest absolute Gasteiger partial charge is 0.339 e. The third-order valence-electron chi connectivity index (χ3n) is 5.79. The normalized spacial score (nSPS) is 14.3. The summed E-state index contributed by atoms with van der Waals surface area (Å²) in [6.07, 6.45) is 2.06. The van der Waals surface area contributed by atoms with Crippen molar-refractivity contribution < 1.29 is 9.59 Å². The van der Waals surface area contributed by atoms with Crippen LogP contribution in [-0.4, -0.2) is 63.5 Å². The van der Waals surface area contributed by atoms with Gasteiger partial charge in [-0.2, -0.15) is 0 Å². The minimum atomic E-state index is 0.0748. The van der Waals surface area contributed by atoms with Crippen LogP contribution in [0.15, 0.2) is 34.9 Å². The van der Waals surface area contributed by atoms with Crippen LogP contribution in [0.4, 0.5) is 0 Å². The molecule has 1 aromatic carbocycles. The number of carbonyl (C=O) groups is 2. The predicted molar refractivity (Wildman–Crippen MR) is 127 cm³/mol. The van der Waals surface area contributed by atoms with Gasteiger partial charge in [0.25, 0.3) is 0 Å². The van der Waals surface area contributed by atoms with Crippen LogP contribution < -0.4 is 0 Å². The number of thioether (sulfide) groups is 1. The first kappa shape index (κ1) is 21.8. The lowest BCUT2D eigenvalue weighted by molar-refractivity contribution is -0.138. The Morgan fingerprint density at radius 2 is 1.81 bits per heavy atom.